The molecule has 1 aromatic rings. The quantitative estimate of drug-likeness (QED) is 0.886. The Hall–Kier alpha value is -1.49. The fourth-order valence-electron chi connectivity index (χ4n) is 2.29. The molecule has 0 spiro atoms. The molecular weight excluding hydrogens is 252 g/mol. The SMILES string of the molecule is O=C(Nc1cccc(CO)c1)C1CCC(F)(F)CC1. The summed E-state index contributed by atoms with van der Waals surface area (Å²) in [5.74, 6) is -3.18. The molecule has 3 nitrogen and oxygen atoms in total. The zero-order valence-electron chi connectivity index (χ0n) is 10.5. The van der Waals surface area contributed by atoms with E-state index in [4.69, 9.17) is 5.11 Å². The molecule has 1 saturated carbocycles. The summed E-state index contributed by atoms with van der Waals surface area (Å²) in [6.07, 6.45) is 0.000576. The number of rotatable bonds is 3. The maximum atomic E-state index is 13.0. The van der Waals surface area contributed by atoms with Gasteiger partial charge in [-0.2, -0.15) is 0 Å². The van der Waals surface area contributed by atoms with Crippen LogP contribution in [0.15, 0.2) is 24.3 Å². The highest BCUT2D eigenvalue weighted by atomic mass is 19.3. The highest BCUT2D eigenvalue weighted by molar-refractivity contribution is 5.92. The Labute approximate surface area is 110 Å². The summed E-state index contributed by atoms with van der Waals surface area (Å²) in [6, 6.07) is 6.87. The molecule has 5 heteroatoms. The van der Waals surface area contributed by atoms with Crippen LogP contribution < -0.4 is 5.32 Å². The summed E-state index contributed by atoms with van der Waals surface area (Å²) in [6.45, 7) is -0.0979. The number of alkyl halides is 2. The third-order valence-corrected chi connectivity index (χ3v) is 3.47. The summed E-state index contributed by atoms with van der Waals surface area (Å²) < 4.78 is 26.0. The molecule has 1 fully saturated rings. The van der Waals surface area contributed by atoms with Crippen molar-refractivity contribution in [2.75, 3.05) is 5.32 Å². The molecule has 1 aliphatic carbocycles. The van der Waals surface area contributed by atoms with Gasteiger partial charge in [0, 0.05) is 24.4 Å². The monoisotopic (exact) mass is 269 g/mol. The average Bonchev–Trinajstić information content (AvgIpc) is 2.38. The molecule has 1 aliphatic rings. The van der Waals surface area contributed by atoms with Crippen molar-refractivity contribution >= 4 is 11.6 Å². The van der Waals surface area contributed by atoms with Gasteiger partial charge in [-0.15, -0.1) is 0 Å². The Bertz CT molecular complexity index is 453. The van der Waals surface area contributed by atoms with Gasteiger partial charge in [0.15, 0.2) is 0 Å². The lowest BCUT2D eigenvalue weighted by molar-refractivity contribution is -0.124. The average molecular weight is 269 g/mol. The molecule has 19 heavy (non-hydrogen) atoms. The minimum Gasteiger partial charge on any atom is -0.392 e. The summed E-state index contributed by atoms with van der Waals surface area (Å²) in [5.41, 5.74) is 1.29. The Morgan fingerprint density at radius 2 is 2.05 bits per heavy atom. The van der Waals surface area contributed by atoms with E-state index in [9.17, 15) is 13.6 Å². The number of anilines is 1. The maximum Gasteiger partial charge on any atom is 0.248 e. The van der Waals surface area contributed by atoms with E-state index in [1.165, 1.54) is 0 Å². The van der Waals surface area contributed by atoms with Gasteiger partial charge in [-0.25, -0.2) is 8.78 Å². The number of aliphatic hydroxyl groups is 1. The number of carbonyl (C=O) groups is 1. The predicted molar refractivity (Wildman–Crippen MR) is 67.9 cm³/mol. The van der Waals surface area contributed by atoms with Crippen molar-refractivity contribution in [1.29, 1.82) is 0 Å². The van der Waals surface area contributed by atoms with Gasteiger partial charge < -0.3 is 10.4 Å². The van der Waals surface area contributed by atoms with Crippen molar-refractivity contribution in [3.05, 3.63) is 29.8 Å². The van der Waals surface area contributed by atoms with Crippen molar-refractivity contribution in [2.45, 2.75) is 38.2 Å². The first-order valence-corrected chi connectivity index (χ1v) is 6.39. The zero-order valence-corrected chi connectivity index (χ0v) is 10.5. The molecule has 104 valence electrons. The fraction of sp³-hybridized carbons (Fsp3) is 0.500. The second kappa shape index (κ2) is 5.65. The molecule has 0 unspecified atom stereocenters. The minimum atomic E-state index is -2.62. The first-order valence-electron chi connectivity index (χ1n) is 6.39. The molecule has 0 radical (unpaired) electrons. The van der Waals surface area contributed by atoms with Crippen LogP contribution in [0.2, 0.25) is 0 Å². The van der Waals surface area contributed by atoms with Crippen LogP contribution in [0.5, 0.6) is 0 Å². The standard InChI is InChI=1S/C14H17F2NO2/c15-14(16)6-4-11(5-7-14)13(19)17-12-3-1-2-10(8-12)9-18/h1-3,8,11,18H,4-7,9H2,(H,17,19). The van der Waals surface area contributed by atoms with Crippen LogP contribution in [0.4, 0.5) is 14.5 Å². The summed E-state index contributed by atoms with van der Waals surface area (Å²) in [4.78, 5) is 12.0. The molecule has 2 rings (SSSR count). The van der Waals surface area contributed by atoms with Gasteiger partial charge in [-0.1, -0.05) is 12.1 Å². The second-order valence-corrected chi connectivity index (χ2v) is 4.98. The Morgan fingerprint density at radius 3 is 2.68 bits per heavy atom. The number of benzene rings is 1. The Balaban J connectivity index is 1.94. The molecule has 0 aliphatic heterocycles. The number of carbonyl (C=O) groups excluding carboxylic acids is 1. The highest BCUT2D eigenvalue weighted by Crippen LogP contribution is 2.36. The molecule has 0 aromatic heterocycles. The number of aliphatic hydroxyl groups excluding tert-OH is 1. The van der Waals surface area contributed by atoms with Crippen molar-refractivity contribution in [1.82, 2.24) is 0 Å². The van der Waals surface area contributed by atoms with Crippen LogP contribution >= 0.6 is 0 Å². The van der Waals surface area contributed by atoms with Crippen LogP contribution in [0.3, 0.4) is 0 Å². The van der Waals surface area contributed by atoms with Crippen LogP contribution in [0, 0.1) is 5.92 Å². The van der Waals surface area contributed by atoms with Crippen molar-refractivity contribution in [3.63, 3.8) is 0 Å². The maximum absolute atomic E-state index is 13.0. The molecule has 0 bridgehead atoms. The van der Waals surface area contributed by atoms with E-state index >= 15 is 0 Å². The normalized spacial score (nSPS) is 19.1. The molecular formula is C14H17F2NO2. The fourth-order valence-corrected chi connectivity index (χ4v) is 2.29. The first-order chi connectivity index (χ1) is 9.00. The van der Waals surface area contributed by atoms with E-state index in [0.29, 0.717) is 11.3 Å². The van der Waals surface area contributed by atoms with Crippen LogP contribution in [0.25, 0.3) is 0 Å². The van der Waals surface area contributed by atoms with E-state index in [1.807, 2.05) is 0 Å². The van der Waals surface area contributed by atoms with E-state index in [-0.39, 0.29) is 44.1 Å². The largest absolute Gasteiger partial charge is 0.392 e. The van der Waals surface area contributed by atoms with Gasteiger partial charge in [-0.05, 0) is 30.5 Å². The molecule has 2 N–H and O–H groups in total. The number of nitrogens with one attached hydrogen (secondary N) is 1. The van der Waals surface area contributed by atoms with Crippen molar-refractivity contribution < 1.29 is 18.7 Å². The van der Waals surface area contributed by atoms with E-state index < -0.39 is 5.92 Å². The third kappa shape index (κ3) is 3.73. The van der Waals surface area contributed by atoms with Gasteiger partial charge in [-0.3, -0.25) is 4.79 Å². The minimum absolute atomic E-state index is 0.0979. The van der Waals surface area contributed by atoms with Gasteiger partial charge in [0.1, 0.15) is 0 Å². The number of amides is 1. The Morgan fingerprint density at radius 1 is 1.37 bits per heavy atom. The lowest BCUT2D eigenvalue weighted by atomic mass is 9.86. The number of halogens is 2. The number of hydrogen-bond acceptors (Lipinski definition) is 2. The van der Waals surface area contributed by atoms with Gasteiger partial charge >= 0.3 is 0 Å². The van der Waals surface area contributed by atoms with Crippen LogP contribution in [-0.4, -0.2) is 16.9 Å². The molecule has 0 saturated heterocycles. The smallest absolute Gasteiger partial charge is 0.248 e. The van der Waals surface area contributed by atoms with Gasteiger partial charge in [0.25, 0.3) is 0 Å². The van der Waals surface area contributed by atoms with Gasteiger partial charge in [0.05, 0.1) is 6.61 Å². The second-order valence-electron chi connectivity index (χ2n) is 4.98. The lowest BCUT2D eigenvalue weighted by Gasteiger charge is -2.27. The van der Waals surface area contributed by atoms with Crippen LogP contribution in [0.1, 0.15) is 31.2 Å². The Kier molecular flexibility index (Phi) is 4.14. The summed E-state index contributed by atoms with van der Waals surface area (Å²) >= 11 is 0. The first kappa shape index (κ1) is 13.9. The van der Waals surface area contributed by atoms with E-state index in [2.05, 4.69) is 5.32 Å². The molecule has 1 aromatic carbocycles. The van der Waals surface area contributed by atoms with Crippen molar-refractivity contribution in [2.24, 2.45) is 5.92 Å². The van der Waals surface area contributed by atoms with Crippen molar-refractivity contribution in [3.8, 4) is 0 Å². The summed E-state index contributed by atoms with van der Waals surface area (Å²) in [7, 11) is 0. The molecule has 0 atom stereocenters. The lowest BCUT2D eigenvalue weighted by Crippen LogP contribution is -2.31. The molecule has 0 heterocycles. The predicted octanol–water partition coefficient (Wildman–Crippen LogP) is 2.94. The molecule has 1 amide bonds. The third-order valence-electron chi connectivity index (χ3n) is 3.47. The number of hydrogen-bond donors (Lipinski definition) is 2. The van der Waals surface area contributed by atoms with Gasteiger partial charge in [0.2, 0.25) is 11.8 Å². The highest BCUT2D eigenvalue weighted by Gasteiger charge is 2.37. The zero-order chi connectivity index (χ0) is 13.9. The summed E-state index contributed by atoms with van der Waals surface area (Å²) in [5, 5.41) is 11.7. The van der Waals surface area contributed by atoms with E-state index in [1.54, 1.807) is 24.3 Å². The topological polar surface area (TPSA) is 49.3 Å². The van der Waals surface area contributed by atoms with Crippen LogP contribution in [-0.2, 0) is 11.4 Å². The van der Waals surface area contributed by atoms with E-state index in [0.717, 1.165) is 0 Å².